The predicted octanol–water partition coefficient (Wildman–Crippen LogP) is 3.65. The molecule has 1 saturated heterocycles. The van der Waals surface area contributed by atoms with Gasteiger partial charge in [-0.3, -0.25) is 0 Å². The van der Waals surface area contributed by atoms with Crippen molar-refractivity contribution in [1.82, 2.24) is 4.98 Å². The molecule has 6 heteroatoms. The molecule has 2 atom stereocenters. The molecule has 1 aromatic carbocycles. The van der Waals surface area contributed by atoms with E-state index in [-0.39, 0.29) is 0 Å². The normalized spacial score (nSPS) is 23.2. The average Bonchev–Trinajstić information content (AvgIpc) is 3.18. The van der Waals surface area contributed by atoms with Crippen molar-refractivity contribution < 1.29 is 4.42 Å². The second-order valence-electron chi connectivity index (χ2n) is 6.59. The maximum absolute atomic E-state index is 9.37. The van der Waals surface area contributed by atoms with Crippen LogP contribution in [0.3, 0.4) is 0 Å². The summed E-state index contributed by atoms with van der Waals surface area (Å²) in [5.41, 5.74) is 1.55. The molecule has 4 rings (SSSR count). The Labute approximate surface area is 146 Å². The number of hydrogen-bond acceptors (Lipinski definition) is 5. The lowest BCUT2D eigenvalue weighted by Gasteiger charge is -2.36. The zero-order valence-electron chi connectivity index (χ0n) is 13.6. The number of piperazine rings is 1. The zero-order chi connectivity index (χ0) is 16.7. The van der Waals surface area contributed by atoms with E-state index in [0.29, 0.717) is 23.4 Å². The fraction of sp³-hybridized carbons (Fsp3) is 0.444. The van der Waals surface area contributed by atoms with E-state index in [1.54, 1.807) is 0 Å². The molecule has 2 heterocycles. The first-order chi connectivity index (χ1) is 11.7. The lowest BCUT2D eigenvalue weighted by molar-refractivity contribution is 0.473. The number of nitrogens with zero attached hydrogens (tertiary/aromatic N) is 4. The van der Waals surface area contributed by atoms with Gasteiger partial charge in [0.1, 0.15) is 6.07 Å². The second-order valence-corrected chi connectivity index (χ2v) is 7.03. The van der Waals surface area contributed by atoms with Gasteiger partial charge >= 0.3 is 0 Å². The van der Waals surface area contributed by atoms with E-state index in [1.807, 2.05) is 18.2 Å². The smallest absolute Gasteiger partial charge is 0.234 e. The highest BCUT2D eigenvalue weighted by molar-refractivity contribution is 6.30. The molecule has 0 amide bonds. The van der Waals surface area contributed by atoms with Crippen LogP contribution in [0.15, 0.2) is 28.7 Å². The van der Waals surface area contributed by atoms with Gasteiger partial charge in [0, 0.05) is 42.8 Å². The summed E-state index contributed by atoms with van der Waals surface area (Å²) in [7, 11) is 0. The summed E-state index contributed by atoms with van der Waals surface area (Å²) >= 11 is 6.08. The van der Waals surface area contributed by atoms with E-state index in [9.17, 15) is 5.26 Å². The molecule has 0 N–H and O–H groups in total. The average molecular weight is 343 g/mol. The minimum Gasteiger partial charge on any atom is -0.423 e. The largest absolute Gasteiger partial charge is 0.423 e. The molecule has 1 aliphatic heterocycles. The molecule has 24 heavy (non-hydrogen) atoms. The van der Waals surface area contributed by atoms with Crippen molar-refractivity contribution >= 4 is 23.2 Å². The molecule has 2 aliphatic rings. The van der Waals surface area contributed by atoms with E-state index in [1.165, 1.54) is 0 Å². The molecule has 124 valence electrons. The Morgan fingerprint density at radius 3 is 2.58 bits per heavy atom. The van der Waals surface area contributed by atoms with Crippen molar-refractivity contribution in [2.24, 2.45) is 5.92 Å². The van der Waals surface area contributed by atoms with Crippen LogP contribution in [-0.2, 0) is 0 Å². The van der Waals surface area contributed by atoms with Crippen LogP contribution in [0.1, 0.15) is 30.8 Å². The Morgan fingerprint density at radius 1 is 1.25 bits per heavy atom. The highest BCUT2D eigenvalue weighted by Crippen LogP contribution is 2.47. The third-order valence-corrected chi connectivity index (χ3v) is 5.13. The number of hydrogen-bond donors (Lipinski definition) is 0. The summed E-state index contributed by atoms with van der Waals surface area (Å²) in [6.07, 6.45) is 1.10. The van der Waals surface area contributed by atoms with Gasteiger partial charge in [0.2, 0.25) is 17.5 Å². The Bertz CT molecular complexity index is 789. The highest BCUT2D eigenvalue weighted by Gasteiger charge is 2.39. The van der Waals surface area contributed by atoms with Gasteiger partial charge in [0.15, 0.2) is 0 Å². The van der Waals surface area contributed by atoms with Crippen LogP contribution in [0.5, 0.6) is 0 Å². The van der Waals surface area contributed by atoms with Gasteiger partial charge in [-0.2, -0.15) is 5.26 Å². The molecular weight excluding hydrogens is 324 g/mol. The summed E-state index contributed by atoms with van der Waals surface area (Å²) in [6.45, 7) is 5.51. The Hall–Kier alpha value is -2.19. The van der Waals surface area contributed by atoms with Gasteiger partial charge < -0.3 is 14.2 Å². The molecule has 2 fully saturated rings. The number of rotatable bonds is 3. The predicted molar refractivity (Wildman–Crippen MR) is 93.6 cm³/mol. The minimum absolute atomic E-state index is 0.388. The molecule has 1 aliphatic carbocycles. The molecule has 2 unspecified atom stereocenters. The topological polar surface area (TPSA) is 56.3 Å². The molecule has 1 aromatic heterocycles. The number of benzene rings is 1. The van der Waals surface area contributed by atoms with Crippen LogP contribution in [0.25, 0.3) is 0 Å². The maximum Gasteiger partial charge on any atom is 0.234 e. The summed E-state index contributed by atoms with van der Waals surface area (Å²) < 4.78 is 5.95. The SMILES string of the molecule is CC1CC1c1nc(C#N)c(N2CCN(c3cccc(Cl)c3)CC2)o1. The second kappa shape index (κ2) is 6.03. The van der Waals surface area contributed by atoms with Gasteiger partial charge in [-0.25, -0.2) is 4.98 Å². The summed E-state index contributed by atoms with van der Waals surface area (Å²) in [5, 5.41) is 10.1. The van der Waals surface area contributed by atoms with E-state index in [2.05, 4.69) is 33.8 Å². The number of oxazole rings is 1. The van der Waals surface area contributed by atoms with E-state index >= 15 is 0 Å². The van der Waals surface area contributed by atoms with Crippen molar-refractivity contribution in [2.75, 3.05) is 36.0 Å². The third-order valence-electron chi connectivity index (χ3n) is 4.90. The van der Waals surface area contributed by atoms with Crippen molar-refractivity contribution in [3.05, 3.63) is 40.9 Å². The monoisotopic (exact) mass is 342 g/mol. The van der Waals surface area contributed by atoms with Crippen molar-refractivity contribution in [2.45, 2.75) is 19.3 Å². The van der Waals surface area contributed by atoms with Crippen molar-refractivity contribution in [1.29, 1.82) is 5.26 Å². The minimum atomic E-state index is 0.388. The van der Waals surface area contributed by atoms with E-state index in [0.717, 1.165) is 49.2 Å². The van der Waals surface area contributed by atoms with Crippen LogP contribution in [0.2, 0.25) is 5.02 Å². The number of aromatic nitrogens is 1. The molecule has 0 spiro atoms. The third kappa shape index (κ3) is 2.83. The van der Waals surface area contributed by atoms with Crippen molar-refractivity contribution in [3.63, 3.8) is 0 Å². The standard InChI is InChI=1S/C18H19ClN4O/c1-12-9-15(12)17-21-16(11-20)18(24-17)23-7-5-22(6-8-23)14-4-2-3-13(19)10-14/h2-4,10,12,15H,5-9H2,1H3. The fourth-order valence-corrected chi connectivity index (χ4v) is 3.47. The molecule has 0 radical (unpaired) electrons. The summed E-state index contributed by atoms with van der Waals surface area (Å²) in [5.74, 6) is 2.37. The molecular formula is C18H19ClN4O. The summed E-state index contributed by atoms with van der Waals surface area (Å²) in [4.78, 5) is 8.83. The molecule has 2 aromatic rings. The van der Waals surface area contributed by atoms with E-state index in [4.69, 9.17) is 16.0 Å². The lowest BCUT2D eigenvalue weighted by Crippen LogP contribution is -2.46. The number of halogens is 1. The Morgan fingerprint density at radius 2 is 1.96 bits per heavy atom. The molecule has 1 saturated carbocycles. The summed E-state index contributed by atoms with van der Waals surface area (Å²) in [6, 6.07) is 10.1. The first-order valence-electron chi connectivity index (χ1n) is 8.32. The van der Waals surface area contributed by atoms with Crippen LogP contribution in [-0.4, -0.2) is 31.2 Å². The van der Waals surface area contributed by atoms with Gasteiger partial charge in [-0.1, -0.05) is 24.6 Å². The first kappa shape index (κ1) is 15.3. The Kier molecular flexibility index (Phi) is 3.85. The van der Waals surface area contributed by atoms with Gasteiger partial charge in [0.25, 0.3) is 0 Å². The number of nitriles is 1. The van der Waals surface area contributed by atoms with Crippen LogP contribution < -0.4 is 9.80 Å². The van der Waals surface area contributed by atoms with Crippen LogP contribution in [0.4, 0.5) is 11.6 Å². The lowest BCUT2D eigenvalue weighted by atomic mass is 10.2. The highest BCUT2D eigenvalue weighted by atomic mass is 35.5. The van der Waals surface area contributed by atoms with Gasteiger partial charge in [-0.05, 0) is 30.5 Å². The fourth-order valence-electron chi connectivity index (χ4n) is 3.28. The van der Waals surface area contributed by atoms with Gasteiger partial charge in [-0.15, -0.1) is 0 Å². The number of anilines is 2. The van der Waals surface area contributed by atoms with E-state index < -0.39 is 0 Å². The molecule has 5 nitrogen and oxygen atoms in total. The maximum atomic E-state index is 9.37. The Balaban J connectivity index is 1.48. The van der Waals surface area contributed by atoms with Crippen LogP contribution in [0, 0.1) is 17.2 Å². The zero-order valence-corrected chi connectivity index (χ0v) is 14.3. The quantitative estimate of drug-likeness (QED) is 0.852. The molecule has 0 bridgehead atoms. The van der Waals surface area contributed by atoms with Crippen molar-refractivity contribution in [3.8, 4) is 6.07 Å². The first-order valence-corrected chi connectivity index (χ1v) is 8.70. The van der Waals surface area contributed by atoms with Crippen LogP contribution >= 0.6 is 11.6 Å². The van der Waals surface area contributed by atoms with Gasteiger partial charge in [0.05, 0.1) is 0 Å².